The number of hydrogen-bond donors (Lipinski definition) is 3. The predicted molar refractivity (Wildman–Crippen MR) is 432 cm³/mol. The molecule has 0 aliphatic rings. The van der Waals surface area contributed by atoms with Crippen molar-refractivity contribution in [3.63, 3.8) is 0 Å². The molecule has 0 aromatic carbocycles. The van der Waals surface area contributed by atoms with Gasteiger partial charge in [0, 0.05) is 25.7 Å². The highest BCUT2D eigenvalue weighted by Crippen LogP contribution is 2.45. The minimum absolute atomic E-state index is 0.108. The van der Waals surface area contributed by atoms with Crippen molar-refractivity contribution >= 4 is 39.5 Å². The smallest absolute Gasteiger partial charge is 0.462 e. The average molecular weight is 1540 g/mol. The van der Waals surface area contributed by atoms with E-state index >= 15 is 0 Å². The minimum atomic E-state index is -4.97. The minimum Gasteiger partial charge on any atom is -0.462 e. The first-order chi connectivity index (χ1) is 50.7. The molecule has 0 saturated heterocycles. The predicted octanol–water partition coefficient (Wildman–Crippen LogP) is 26.1. The molecule has 19 heteroatoms. The van der Waals surface area contributed by atoms with Crippen LogP contribution in [0.1, 0.15) is 453 Å². The van der Waals surface area contributed by atoms with E-state index in [1.54, 1.807) is 0 Å². The van der Waals surface area contributed by atoms with E-state index in [1.807, 2.05) is 0 Å². The van der Waals surface area contributed by atoms with Crippen molar-refractivity contribution in [2.75, 3.05) is 39.6 Å². The van der Waals surface area contributed by atoms with Gasteiger partial charge in [0.1, 0.15) is 19.3 Å². The van der Waals surface area contributed by atoms with E-state index in [4.69, 9.17) is 37.0 Å². The summed E-state index contributed by atoms with van der Waals surface area (Å²) in [4.78, 5) is 73.2. The molecule has 0 bridgehead atoms. The molecule has 2 unspecified atom stereocenters. The maximum absolute atomic E-state index is 13.1. The first-order valence-electron chi connectivity index (χ1n) is 44.3. The van der Waals surface area contributed by atoms with Crippen molar-refractivity contribution in [1.29, 1.82) is 0 Å². The third-order valence-corrected chi connectivity index (χ3v) is 22.0. The second kappa shape index (κ2) is 76.1. The lowest BCUT2D eigenvalue weighted by atomic mass is 10.0. The Morgan fingerprint density at radius 1 is 0.257 bits per heavy atom. The van der Waals surface area contributed by atoms with Gasteiger partial charge in [-0.05, 0) is 43.4 Å². The number of unbranched alkanes of at least 4 members (excludes halogenated alkanes) is 52. The molecule has 0 spiro atoms. The van der Waals surface area contributed by atoms with Crippen molar-refractivity contribution in [3.8, 4) is 0 Å². The molecule has 0 aromatic heterocycles. The molecule has 0 amide bonds. The molecule has 17 nitrogen and oxygen atoms in total. The van der Waals surface area contributed by atoms with Crippen molar-refractivity contribution in [1.82, 2.24) is 0 Å². The van der Waals surface area contributed by atoms with E-state index in [2.05, 4.69) is 48.5 Å². The van der Waals surface area contributed by atoms with Crippen LogP contribution in [0.2, 0.25) is 0 Å². The summed E-state index contributed by atoms with van der Waals surface area (Å²) >= 11 is 0. The second-order valence-corrected chi connectivity index (χ2v) is 35.3. The molecule has 0 rings (SSSR count). The van der Waals surface area contributed by atoms with Gasteiger partial charge in [0.05, 0.1) is 26.4 Å². The molecule has 0 radical (unpaired) electrons. The van der Waals surface area contributed by atoms with Crippen molar-refractivity contribution < 1.29 is 80.2 Å². The standard InChI is InChI=1S/C86H168O17P2/c1-8-9-10-11-12-13-14-15-16-17-18-26-31-36-41-46-55-63-70-86(91)103-82(74-97-84(89)68-61-54-49-48-52-59-66-79(6)7)76-101-105(94,95)99-72-80(87)71-98-104(92,93)100-75-81(102-85(90)69-62-56-47-42-37-32-27-22-20-24-29-34-39-44-51-58-65-78(4)5)73-96-83(88)67-60-53-45-40-35-30-25-21-19-23-28-33-38-43-50-57-64-77(2)3/h77-82,87H,8-76H2,1-7H3,(H,92,93)(H,94,95)/t80-,81-,82-/m1/s1. The van der Waals surface area contributed by atoms with Gasteiger partial charge in [0.15, 0.2) is 12.2 Å². The summed E-state index contributed by atoms with van der Waals surface area (Å²) < 4.78 is 68.9. The zero-order chi connectivity index (χ0) is 77.2. The molecule has 0 aromatic rings. The van der Waals surface area contributed by atoms with Crippen LogP contribution < -0.4 is 0 Å². The van der Waals surface area contributed by atoms with Gasteiger partial charge in [-0.1, -0.05) is 402 Å². The second-order valence-electron chi connectivity index (χ2n) is 32.4. The van der Waals surface area contributed by atoms with Crippen molar-refractivity contribution in [2.45, 2.75) is 471 Å². The summed E-state index contributed by atoms with van der Waals surface area (Å²) in [6.07, 6.45) is 66.9. The van der Waals surface area contributed by atoms with E-state index in [-0.39, 0.29) is 25.7 Å². The van der Waals surface area contributed by atoms with Gasteiger partial charge in [-0.2, -0.15) is 0 Å². The summed E-state index contributed by atoms with van der Waals surface area (Å²) in [7, 11) is -9.93. The molecule has 0 heterocycles. The fourth-order valence-electron chi connectivity index (χ4n) is 13.4. The van der Waals surface area contributed by atoms with E-state index in [1.165, 1.54) is 257 Å². The lowest BCUT2D eigenvalue weighted by Crippen LogP contribution is -2.30. The zero-order valence-corrected chi connectivity index (χ0v) is 71.0. The van der Waals surface area contributed by atoms with Gasteiger partial charge < -0.3 is 33.8 Å². The number of carbonyl (C=O) groups excluding carboxylic acids is 4. The summed E-state index contributed by atoms with van der Waals surface area (Å²) in [5.41, 5.74) is 0. The van der Waals surface area contributed by atoms with Crippen molar-refractivity contribution in [3.05, 3.63) is 0 Å². The molecular weight excluding hydrogens is 1370 g/mol. The molecule has 0 aliphatic carbocycles. The largest absolute Gasteiger partial charge is 0.472 e. The fourth-order valence-corrected chi connectivity index (χ4v) is 14.9. The number of aliphatic hydroxyl groups excluding tert-OH is 1. The van der Waals surface area contributed by atoms with E-state index in [0.29, 0.717) is 31.6 Å². The molecule has 105 heavy (non-hydrogen) atoms. The van der Waals surface area contributed by atoms with E-state index in [9.17, 15) is 43.2 Å². The zero-order valence-electron chi connectivity index (χ0n) is 69.2. The number of phosphoric ester groups is 2. The van der Waals surface area contributed by atoms with Crippen LogP contribution in [0.3, 0.4) is 0 Å². The van der Waals surface area contributed by atoms with Gasteiger partial charge in [0.2, 0.25) is 0 Å². The third-order valence-electron chi connectivity index (χ3n) is 20.1. The quantitative estimate of drug-likeness (QED) is 0.0222. The van der Waals surface area contributed by atoms with Gasteiger partial charge in [0.25, 0.3) is 0 Å². The first kappa shape index (κ1) is 103. The Kier molecular flexibility index (Phi) is 74.7. The van der Waals surface area contributed by atoms with Crippen LogP contribution in [-0.2, 0) is 65.4 Å². The highest BCUT2D eigenvalue weighted by atomic mass is 31.2. The summed E-state index contributed by atoms with van der Waals surface area (Å²) in [6, 6.07) is 0. The number of ether oxygens (including phenoxy) is 4. The summed E-state index contributed by atoms with van der Waals surface area (Å²) in [6.45, 7) is 12.0. The molecule has 5 atom stereocenters. The van der Waals surface area contributed by atoms with Crippen LogP contribution in [0, 0.1) is 17.8 Å². The van der Waals surface area contributed by atoms with Gasteiger partial charge >= 0.3 is 39.5 Å². The van der Waals surface area contributed by atoms with Gasteiger partial charge in [-0.25, -0.2) is 9.13 Å². The highest BCUT2D eigenvalue weighted by Gasteiger charge is 2.30. The first-order valence-corrected chi connectivity index (χ1v) is 47.3. The summed E-state index contributed by atoms with van der Waals surface area (Å²) in [5, 5.41) is 10.7. The molecule has 624 valence electrons. The number of phosphoric acid groups is 2. The number of rotatable bonds is 84. The van der Waals surface area contributed by atoms with Crippen molar-refractivity contribution in [2.24, 2.45) is 17.8 Å². The van der Waals surface area contributed by atoms with E-state index < -0.39 is 97.5 Å². The van der Waals surface area contributed by atoms with Crippen LogP contribution in [0.15, 0.2) is 0 Å². The third kappa shape index (κ3) is 79.9. The summed E-state index contributed by atoms with van der Waals surface area (Å²) in [5.74, 6) is 0.195. The Morgan fingerprint density at radius 3 is 0.648 bits per heavy atom. The Bertz CT molecular complexity index is 2030. The Balaban J connectivity index is 5.21. The van der Waals surface area contributed by atoms with Crippen LogP contribution in [0.4, 0.5) is 0 Å². The van der Waals surface area contributed by atoms with Gasteiger partial charge in [-0.3, -0.25) is 37.3 Å². The number of carbonyl (C=O) groups is 4. The fraction of sp³-hybridized carbons (Fsp3) is 0.953. The maximum Gasteiger partial charge on any atom is 0.472 e. The Labute approximate surface area is 645 Å². The number of hydrogen-bond acceptors (Lipinski definition) is 15. The SMILES string of the molecule is CCCCCCCCCCCCCCCCCCCCC(=O)O[C@H](COC(=O)CCCCCCCCC(C)C)COP(=O)(O)OC[C@H](O)COP(=O)(O)OC[C@@H](COC(=O)CCCCCCCCCCCCCCCCCCC(C)C)OC(=O)CCCCCCCCCCCCCCCCCCC(C)C. The highest BCUT2D eigenvalue weighted by molar-refractivity contribution is 7.47. The Morgan fingerprint density at radius 2 is 0.438 bits per heavy atom. The monoisotopic (exact) mass is 1540 g/mol. The Hall–Kier alpha value is -1.94. The van der Waals surface area contributed by atoms with Crippen LogP contribution in [0.5, 0.6) is 0 Å². The number of aliphatic hydroxyl groups is 1. The molecule has 0 aliphatic heterocycles. The van der Waals surface area contributed by atoms with Crippen LogP contribution in [-0.4, -0.2) is 96.7 Å². The van der Waals surface area contributed by atoms with Gasteiger partial charge in [-0.15, -0.1) is 0 Å². The molecular formula is C86H168O17P2. The van der Waals surface area contributed by atoms with Crippen LogP contribution >= 0.6 is 15.6 Å². The maximum atomic E-state index is 13.1. The molecule has 0 fully saturated rings. The van der Waals surface area contributed by atoms with E-state index in [0.717, 1.165) is 108 Å². The average Bonchev–Trinajstić information content (AvgIpc) is 0.922. The lowest BCUT2D eigenvalue weighted by Gasteiger charge is -2.21. The topological polar surface area (TPSA) is 237 Å². The molecule has 0 saturated carbocycles. The number of esters is 4. The normalized spacial score (nSPS) is 13.9. The van der Waals surface area contributed by atoms with Crippen LogP contribution in [0.25, 0.3) is 0 Å². The molecule has 3 N–H and O–H groups in total. The lowest BCUT2D eigenvalue weighted by molar-refractivity contribution is -0.161.